The van der Waals surface area contributed by atoms with Gasteiger partial charge < -0.3 is 4.90 Å². The molecule has 0 N–H and O–H groups in total. The third-order valence-corrected chi connectivity index (χ3v) is 14.7. The van der Waals surface area contributed by atoms with Crippen molar-refractivity contribution in [3.63, 3.8) is 0 Å². The van der Waals surface area contributed by atoms with Crippen molar-refractivity contribution >= 4 is 38.6 Å². The Balaban J connectivity index is 1.16. The van der Waals surface area contributed by atoms with Crippen molar-refractivity contribution in [3.05, 3.63) is 131 Å². The fraction of sp³-hybridized carbons (Fsp3) is 0.508. The topological polar surface area (TPSA) is 6.25 Å². The van der Waals surface area contributed by atoms with E-state index in [-0.39, 0.29) is 10.8 Å². The van der Waals surface area contributed by atoms with Crippen LogP contribution in [0.4, 0.5) is 11.4 Å². The van der Waals surface area contributed by atoms with E-state index in [0.29, 0.717) is 0 Å². The van der Waals surface area contributed by atoms with Gasteiger partial charge in [0, 0.05) is 47.5 Å². The molecule has 3 aliphatic rings. The molecule has 4 aromatic carbocycles. The molecule has 0 spiro atoms. The molecular weight excluding hydrogens is 737 g/mol. The first-order valence-electron chi connectivity index (χ1n) is 24.9. The summed E-state index contributed by atoms with van der Waals surface area (Å²) in [7, 11) is 0. The summed E-state index contributed by atoms with van der Waals surface area (Å²) < 4.78 is 2.69. The molecule has 2 heterocycles. The molecule has 2 aliphatic heterocycles. The van der Waals surface area contributed by atoms with Crippen LogP contribution in [0.1, 0.15) is 182 Å². The van der Waals surface area contributed by atoms with Gasteiger partial charge in [0.15, 0.2) is 5.71 Å². The van der Waals surface area contributed by atoms with Crippen molar-refractivity contribution in [1.82, 2.24) is 0 Å². The van der Waals surface area contributed by atoms with Crippen molar-refractivity contribution in [3.8, 4) is 0 Å². The summed E-state index contributed by atoms with van der Waals surface area (Å²) in [6.45, 7) is 19.1. The molecule has 4 aromatic rings. The van der Waals surface area contributed by atoms with Gasteiger partial charge in [-0.05, 0) is 115 Å². The summed E-state index contributed by atoms with van der Waals surface area (Å²) in [5.41, 5.74) is 13.0. The lowest BCUT2D eigenvalue weighted by Crippen LogP contribution is -2.28. The molecular formula is C59H79N2+. The maximum Gasteiger partial charge on any atom is 0.210 e. The molecule has 61 heavy (non-hydrogen) atoms. The second-order valence-corrected chi connectivity index (χ2v) is 19.8. The molecule has 1 aliphatic carbocycles. The van der Waals surface area contributed by atoms with Gasteiger partial charge in [0.25, 0.3) is 0 Å². The van der Waals surface area contributed by atoms with Crippen LogP contribution < -0.4 is 4.90 Å². The Labute approximate surface area is 371 Å². The molecule has 2 heteroatoms. The van der Waals surface area contributed by atoms with E-state index >= 15 is 0 Å². The predicted molar refractivity (Wildman–Crippen MR) is 268 cm³/mol. The molecule has 0 atom stereocenters. The largest absolute Gasteiger partial charge is 0.344 e. The standard InChI is InChI=1S/C59H79N2/c1-8-10-12-14-16-18-20-26-43-60-52-39-35-48-29-22-24-33-50(48)56(52)58(4,5)54(60)41-37-46-31-28-32-47(45(46)3)38-42-55-59(6,7)57-51-34-25-23-30-49(51)36-40-53(57)61(55)44-27-21-19-17-15-13-11-9-2/h22-25,29-30,33-42H,8-21,26-28,31-32,43-44H2,1-7H3/q+1. The summed E-state index contributed by atoms with van der Waals surface area (Å²) in [4.78, 5) is 2.69. The van der Waals surface area contributed by atoms with Gasteiger partial charge in [0.2, 0.25) is 5.69 Å². The summed E-state index contributed by atoms with van der Waals surface area (Å²) in [5, 5.41) is 5.50. The Morgan fingerprint density at radius 2 is 1.15 bits per heavy atom. The lowest BCUT2D eigenvalue weighted by Gasteiger charge is -2.27. The molecule has 0 radical (unpaired) electrons. The Kier molecular flexibility index (Phi) is 15.3. The maximum atomic E-state index is 2.69. The number of hydrogen-bond acceptors (Lipinski definition) is 1. The van der Waals surface area contributed by atoms with Gasteiger partial charge in [-0.1, -0.05) is 178 Å². The molecule has 0 unspecified atom stereocenters. The Bertz CT molecular complexity index is 2290. The Morgan fingerprint density at radius 1 is 0.574 bits per heavy atom. The lowest BCUT2D eigenvalue weighted by atomic mass is 9.78. The Hall–Kier alpha value is -4.17. The fourth-order valence-corrected chi connectivity index (χ4v) is 11.2. The minimum Gasteiger partial charge on any atom is -0.344 e. The second-order valence-electron chi connectivity index (χ2n) is 19.8. The van der Waals surface area contributed by atoms with Crippen molar-refractivity contribution in [2.75, 3.05) is 18.0 Å². The first kappa shape index (κ1) is 44.9. The zero-order chi connectivity index (χ0) is 42.8. The average molecular weight is 816 g/mol. The van der Waals surface area contributed by atoms with E-state index < -0.39 is 0 Å². The van der Waals surface area contributed by atoms with Gasteiger partial charge in [0.05, 0.1) is 5.41 Å². The van der Waals surface area contributed by atoms with Gasteiger partial charge in [0.1, 0.15) is 6.54 Å². The molecule has 0 fully saturated rings. The summed E-state index contributed by atoms with van der Waals surface area (Å²) in [5.74, 6) is 0. The summed E-state index contributed by atoms with van der Waals surface area (Å²) >= 11 is 0. The van der Waals surface area contributed by atoms with E-state index in [1.165, 1.54) is 181 Å². The maximum absolute atomic E-state index is 2.69. The summed E-state index contributed by atoms with van der Waals surface area (Å²) in [6.07, 6.45) is 35.1. The first-order chi connectivity index (χ1) is 29.7. The number of rotatable bonds is 21. The van der Waals surface area contributed by atoms with E-state index in [4.69, 9.17) is 0 Å². The van der Waals surface area contributed by atoms with Gasteiger partial charge in [-0.3, -0.25) is 0 Å². The number of anilines is 1. The molecule has 0 amide bonds. The molecule has 0 bridgehead atoms. The molecule has 2 nitrogen and oxygen atoms in total. The van der Waals surface area contributed by atoms with Crippen molar-refractivity contribution in [1.29, 1.82) is 0 Å². The number of allylic oxidation sites excluding steroid dienone is 8. The average Bonchev–Trinajstić information content (AvgIpc) is 3.62. The van der Waals surface area contributed by atoms with Crippen LogP contribution in [0, 0.1) is 0 Å². The van der Waals surface area contributed by atoms with Crippen LogP contribution in [0.15, 0.2) is 120 Å². The molecule has 324 valence electrons. The van der Waals surface area contributed by atoms with E-state index in [1.54, 1.807) is 0 Å². The number of unbranched alkanes of at least 4 members (excludes halogenated alkanes) is 14. The van der Waals surface area contributed by atoms with E-state index in [9.17, 15) is 0 Å². The highest BCUT2D eigenvalue weighted by molar-refractivity contribution is 6.07. The van der Waals surface area contributed by atoms with Crippen LogP contribution in [0.25, 0.3) is 21.5 Å². The van der Waals surface area contributed by atoms with Gasteiger partial charge in [-0.2, -0.15) is 4.58 Å². The van der Waals surface area contributed by atoms with Gasteiger partial charge in [-0.15, -0.1) is 0 Å². The first-order valence-corrected chi connectivity index (χ1v) is 24.9. The fourth-order valence-electron chi connectivity index (χ4n) is 11.2. The monoisotopic (exact) mass is 816 g/mol. The predicted octanol–water partition coefficient (Wildman–Crippen LogP) is 17.3. The van der Waals surface area contributed by atoms with Crippen molar-refractivity contribution < 1.29 is 4.58 Å². The molecule has 7 rings (SSSR count). The number of nitrogens with zero attached hydrogens (tertiary/aromatic N) is 2. The van der Waals surface area contributed by atoms with Crippen molar-refractivity contribution in [2.24, 2.45) is 0 Å². The highest BCUT2D eigenvalue weighted by Crippen LogP contribution is 2.51. The van der Waals surface area contributed by atoms with Crippen molar-refractivity contribution in [2.45, 2.75) is 181 Å². The van der Waals surface area contributed by atoms with Crippen LogP contribution in [0.2, 0.25) is 0 Å². The third kappa shape index (κ3) is 9.90. The zero-order valence-electron chi connectivity index (χ0n) is 39.5. The Morgan fingerprint density at radius 3 is 1.80 bits per heavy atom. The van der Waals surface area contributed by atoms with Crippen LogP contribution >= 0.6 is 0 Å². The van der Waals surface area contributed by atoms with Crippen LogP contribution in [0.3, 0.4) is 0 Å². The molecule has 0 saturated carbocycles. The third-order valence-electron chi connectivity index (χ3n) is 14.7. The SMILES string of the molecule is CCCCCCCCCCN1/C(=C/C=C2\CCCC(/C=C/C3=[N+](CCCCCCCCCC)c4ccc5ccccc5c4C3(C)C)=C2C)C(C)(C)c2c1ccc1ccccc21. The quantitative estimate of drug-likeness (QED) is 0.0600. The smallest absolute Gasteiger partial charge is 0.210 e. The van der Waals surface area contributed by atoms with E-state index in [1.807, 2.05) is 0 Å². The lowest BCUT2D eigenvalue weighted by molar-refractivity contribution is -0.438. The number of benzene rings is 4. The molecule has 0 aromatic heterocycles. The normalized spacial score (nSPS) is 18.5. The zero-order valence-corrected chi connectivity index (χ0v) is 39.5. The minimum atomic E-state index is -0.0786. The minimum absolute atomic E-state index is 0.0786. The highest BCUT2D eigenvalue weighted by atomic mass is 15.2. The van der Waals surface area contributed by atoms with Gasteiger partial charge >= 0.3 is 0 Å². The summed E-state index contributed by atoms with van der Waals surface area (Å²) in [6, 6.07) is 27.6. The van der Waals surface area contributed by atoms with Gasteiger partial charge in [-0.25, -0.2) is 0 Å². The van der Waals surface area contributed by atoms with Crippen LogP contribution in [0.5, 0.6) is 0 Å². The van der Waals surface area contributed by atoms with E-state index in [0.717, 1.165) is 25.9 Å². The van der Waals surface area contributed by atoms with E-state index in [2.05, 4.69) is 155 Å². The number of fused-ring (bicyclic) bond motifs is 6. The van der Waals surface area contributed by atoms with Crippen LogP contribution in [-0.2, 0) is 10.8 Å². The number of hydrogen-bond donors (Lipinski definition) is 0. The highest BCUT2D eigenvalue weighted by Gasteiger charge is 2.45. The molecule has 0 saturated heterocycles. The second kappa shape index (κ2) is 20.8. The van der Waals surface area contributed by atoms with Crippen LogP contribution in [-0.4, -0.2) is 23.4 Å².